The first-order valence-corrected chi connectivity index (χ1v) is 10.8. The van der Waals surface area contributed by atoms with Crippen LogP contribution in [0.25, 0.3) is 5.57 Å². The predicted molar refractivity (Wildman–Crippen MR) is 124 cm³/mol. The second-order valence-corrected chi connectivity index (χ2v) is 8.40. The average Bonchev–Trinajstić information content (AvgIpc) is 3.04. The first-order chi connectivity index (χ1) is 15.8. The molecule has 0 N–H and O–H groups in total. The van der Waals surface area contributed by atoms with Crippen LogP contribution in [-0.4, -0.2) is 65.9 Å². The highest BCUT2D eigenvalue weighted by Gasteiger charge is 2.44. The summed E-state index contributed by atoms with van der Waals surface area (Å²) in [6.45, 7) is 6.46. The van der Waals surface area contributed by atoms with Gasteiger partial charge in [-0.25, -0.2) is 4.90 Å². The van der Waals surface area contributed by atoms with E-state index >= 15 is 0 Å². The van der Waals surface area contributed by atoms with Gasteiger partial charge in [0.1, 0.15) is 11.4 Å². The third-order valence-corrected chi connectivity index (χ3v) is 5.71. The Morgan fingerprint density at radius 3 is 2.18 bits per heavy atom. The third-order valence-electron chi connectivity index (χ3n) is 5.71. The number of non-ortho nitro benzene ring substituents is 1. The second kappa shape index (κ2) is 9.03. The van der Waals surface area contributed by atoms with Gasteiger partial charge in [0, 0.05) is 38.3 Å². The number of carbonyl (C=O) groups excluding carboxylic acids is 2. The number of nitro groups is 1. The van der Waals surface area contributed by atoms with E-state index in [0.717, 1.165) is 18.0 Å². The molecule has 1 fully saturated rings. The van der Waals surface area contributed by atoms with Crippen molar-refractivity contribution in [3.63, 3.8) is 0 Å². The molecule has 2 aromatic rings. The van der Waals surface area contributed by atoms with Gasteiger partial charge in [0.25, 0.3) is 17.5 Å². The lowest BCUT2D eigenvalue weighted by atomic mass is 10.0. The predicted octanol–water partition coefficient (Wildman–Crippen LogP) is 2.91. The lowest BCUT2D eigenvalue weighted by Gasteiger charge is -2.34. The van der Waals surface area contributed by atoms with Crippen molar-refractivity contribution in [2.75, 3.05) is 38.1 Å². The molecule has 33 heavy (non-hydrogen) atoms. The molecule has 172 valence electrons. The van der Waals surface area contributed by atoms with Crippen LogP contribution in [0.1, 0.15) is 19.4 Å². The number of nitrogens with zero attached hydrogens (tertiary/aromatic N) is 4. The van der Waals surface area contributed by atoms with Crippen molar-refractivity contribution in [2.24, 2.45) is 0 Å². The van der Waals surface area contributed by atoms with Crippen molar-refractivity contribution in [1.29, 1.82) is 0 Å². The molecule has 2 aromatic carbocycles. The number of amides is 2. The Morgan fingerprint density at radius 1 is 0.939 bits per heavy atom. The fraction of sp³-hybridized carbons (Fsp3) is 0.333. The van der Waals surface area contributed by atoms with Gasteiger partial charge in [-0.2, -0.15) is 0 Å². The van der Waals surface area contributed by atoms with Crippen LogP contribution in [0.15, 0.2) is 54.2 Å². The maximum atomic E-state index is 13.7. The number of anilines is 1. The number of piperazine rings is 1. The standard InChI is InChI=1S/C24H26N4O5/c1-16(2)33-20-7-5-4-6-19(20)27-23(29)21(17-8-10-18(11-9-17)28(31)32)22(24(27)30)26-14-12-25(3)13-15-26/h4-11,16H,12-15H2,1-3H3. The van der Waals surface area contributed by atoms with Crippen molar-refractivity contribution in [1.82, 2.24) is 9.80 Å². The molecule has 0 aliphatic carbocycles. The summed E-state index contributed by atoms with van der Waals surface area (Å²) in [7, 11) is 2.01. The van der Waals surface area contributed by atoms with Gasteiger partial charge < -0.3 is 14.5 Å². The molecule has 0 saturated carbocycles. The van der Waals surface area contributed by atoms with Gasteiger partial charge in [-0.05, 0) is 50.7 Å². The molecule has 0 bridgehead atoms. The summed E-state index contributed by atoms with van der Waals surface area (Å²) in [5.74, 6) is -0.447. The van der Waals surface area contributed by atoms with Gasteiger partial charge in [-0.3, -0.25) is 19.7 Å². The molecule has 0 unspecified atom stereocenters. The lowest BCUT2D eigenvalue weighted by molar-refractivity contribution is -0.384. The molecule has 0 aromatic heterocycles. The van der Waals surface area contributed by atoms with E-state index in [2.05, 4.69) is 4.90 Å². The van der Waals surface area contributed by atoms with E-state index in [1.54, 1.807) is 24.3 Å². The van der Waals surface area contributed by atoms with Crippen LogP contribution in [0.4, 0.5) is 11.4 Å². The number of rotatable bonds is 6. The Morgan fingerprint density at radius 2 is 1.58 bits per heavy atom. The summed E-state index contributed by atoms with van der Waals surface area (Å²) in [6, 6.07) is 12.7. The number of carbonyl (C=O) groups is 2. The molecular weight excluding hydrogens is 424 g/mol. The number of hydrogen-bond acceptors (Lipinski definition) is 7. The van der Waals surface area contributed by atoms with Crippen LogP contribution in [0.2, 0.25) is 0 Å². The van der Waals surface area contributed by atoms with Crippen molar-refractivity contribution in [3.8, 4) is 5.75 Å². The van der Waals surface area contributed by atoms with E-state index in [1.165, 1.54) is 24.3 Å². The zero-order valence-corrected chi connectivity index (χ0v) is 18.9. The van der Waals surface area contributed by atoms with E-state index in [4.69, 9.17) is 4.74 Å². The van der Waals surface area contributed by atoms with Crippen LogP contribution in [0.5, 0.6) is 5.75 Å². The fourth-order valence-electron chi connectivity index (χ4n) is 4.07. The summed E-state index contributed by atoms with van der Waals surface area (Å²) in [5, 5.41) is 11.1. The summed E-state index contributed by atoms with van der Waals surface area (Å²) in [4.78, 5) is 43.3. The monoisotopic (exact) mass is 450 g/mol. The van der Waals surface area contributed by atoms with Gasteiger partial charge in [0.15, 0.2) is 0 Å². The van der Waals surface area contributed by atoms with Crippen molar-refractivity contribution in [3.05, 3.63) is 69.9 Å². The summed E-state index contributed by atoms with van der Waals surface area (Å²) < 4.78 is 5.87. The number of para-hydroxylation sites is 2. The Kier molecular flexibility index (Phi) is 6.15. The summed E-state index contributed by atoms with van der Waals surface area (Å²) in [5.41, 5.74) is 1.34. The zero-order valence-electron chi connectivity index (χ0n) is 18.9. The van der Waals surface area contributed by atoms with Gasteiger partial charge >= 0.3 is 0 Å². The molecular formula is C24H26N4O5. The fourth-order valence-corrected chi connectivity index (χ4v) is 4.07. The summed E-state index contributed by atoms with van der Waals surface area (Å²) in [6.07, 6.45) is -0.141. The molecule has 0 radical (unpaired) electrons. The maximum absolute atomic E-state index is 13.7. The van der Waals surface area contributed by atoms with E-state index < -0.39 is 16.7 Å². The molecule has 9 heteroatoms. The number of hydrogen-bond donors (Lipinski definition) is 0. The SMILES string of the molecule is CC(C)Oc1ccccc1N1C(=O)C(c2ccc([N+](=O)[O-])cc2)=C(N2CCN(C)CC2)C1=O. The van der Waals surface area contributed by atoms with Gasteiger partial charge in [0.2, 0.25) is 0 Å². The number of nitro benzene ring substituents is 1. The zero-order chi connectivity index (χ0) is 23.7. The molecule has 9 nitrogen and oxygen atoms in total. The van der Waals surface area contributed by atoms with E-state index in [9.17, 15) is 19.7 Å². The minimum atomic E-state index is -0.493. The van der Waals surface area contributed by atoms with Gasteiger partial charge in [-0.15, -0.1) is 0 Å². The number of ether oxygens (including phenoxy) is 1. The highest BCUT2D eigenvalue weighted by Crippen LogP contribution is 2.39. The third kappa shape index (κ3) is 4.31. The van der Waals surface area contributed by atoms with Crippen molar-refractivity contribution >= 4 is 28.8 Å². The van der Waals surface area contributed by atoms with Gasteiger partial charge in [-0.1, -0.05) is 12.1 Å². The van der Waals surface area contributed by atoms with Crippen LogP contribution in [0, 0.1) is 10.1 Å². The molecule has 2 aliphatic rings. The maximum Gasteiger partial charge on any atom is 0.282 e. The van der Waals surface area contributed by atoms with Crippen molar-refractivity contribution < 1.29 is 19.2 Å². The second-order valence-electron chi connectivity index (χ2n) is 8.40. The quantitative estimate of drug-likeness (QED) is 0.379. The molecule has 2 amide bonds. The van der Waals surface area contributed by atoms with Crippen LogP contribution < -0.4 is 9.64 Å². The Hall–Kier alpha value is -3.72. The van der Waals surface area contributed by atoms with Gasteiger partial charge in [0.05, 0.1) is 22.3 Å². The minimum Gasteiger partial charge on any atom is -0.489 e. The highest BCUT2D eigenvalue weighted by molar-refractivity contribution is 6.45. The highest BCUT2D eigenvalue weighted by atomic mass is 16.6. The normalized spacial score (nSPS) is 17.3. The smallest absolute Gasteiger partial charge is 0.282 e. The van der Waals surface area contributed by atoms with E-state index in [0.29, 0.717) is 35.8 Å². The largest absolute Gasteiger partial charge is 0.489 e. The number of imide groups is 1. The van der Waals surface area contributed by atoms with Crippen LogP contribution in [0.3, 0.4) is 0 Å². The van der Waals surface area contributed by atoms with E-state index in [-0.39, 0.29) is 17.4 Å². The molecule has 0 spiro atoms. The minimum absolute atomic E-state index is 0.0789. The summed E-state index contributed by atoms with van der Waals surface area (Å²) >= 11 is 0. The molecule has 4 rings (SSSR count). The Bertz CT molecular complexity index is 1120. The van der Waals surface area contributed by atoms with Crippen molar-refractivity contribution in [2.45, 2.75) is 20.0 Å². The number of benzene rings is 2. The average molecular weight is 450 g/mol. The first-order valence-electron chi connectivity index (χ1n) is 10.8. The number of likely N-dealkylation sites (N-methyl/N-ethyl adjacent to an activating group) is 1. The molecule has 0 atom stereocenters. The van der Waals surface area contributed by atoms with Crippen LogP contribution in [-0.2, 0) is 9.59 Å². The topological polar surface area (TPSA) is 96.2 Å². The molecule has 2 aliphatic heterocycles. The lowest BCUT2D eigenvalue weighted by Crippen LogP contribution is -2.46. The molecule has 2 heterocycles. The Labute approximate surface area is 192 Å². The van der Waals surface area contributed by atoms with Crippen LogP contribution >= 0.6 is 0 Å². The Balaban J connectivity index is 1.81. The first kappa shape index (κ1) is 22.5. The molecule has 1 saturated heterocycles. The van der Waals surface area contributed by atoms with E-state index in [1.807, 2.05) is 25.8 Å².